The maximum atomic E-state index is 11.9. The summed E-state index contributed by atoms with van der Waals surface area (Å²) in [6.07, 6.45) is 3.20. The number of fused-ring (bicyclic) bond motifs is 1. The van der Waals surface area contributed by atoms with E-state index >= 15 is 0 Å². The average molecular weight is 337 g/mol. The van der Waals surface area contributed by atoms with Gasteiger partial charge in [-0.15, -0.1) is 0 Å². The third-order valence-corrected chi connectivity index (χ3v) is 3.84. The maximum absolute atomic E-state index is 11.9. The van der Waals surface area contributed by atoms with Gasteiger partial charge >= 0.3 is 5.97 Å². The fraction of sp³-hybridized carbons (Fsp3) is 0.111. The lowest BCUT2D eigenvalue weighted by molar-refractivity contribution is -0.135. The molecule has 3 N–H and O–H groups in total. The Morgan fingerprint density at radius 2 is 2.00 bits per heavy atom. The maximum Gasteiger partial charge on any atom is 0.322 e. The Kier molecular flexibility index (Phi) is 4.30. The van der Waals surface area contributed by atoms with E-state index in [1.807, 2.05) is 30.3 Å². The molecular weight excluding hydrogens is 322 g/mol. The van der Waals surface area contributed by atoms with Crippen molar-refractivity contribution in [3.8, 4) is 16.9 Å². The van der Waals surface area contributed by atoms with Crippen molar-refractivity contribution in [3.05, 3.63) is 54.0 Å². The molecule has 0 spiro atoms. The van der Waals surface area contributed by atoms with Crippen LogP contribution in [-0.2, 0) is 4.79 Å². The SMILES string of the molecule is Cc1c(-c2ccc3ncccc3c2)cnc(C(=O)NCC(=O)O)c1O. The van der Waals surface area contributed by atoms with E-state index in [2.05, 4.69) is 15.3 Å². The standard InChI is InChI=1S/C18H15N3O4/c1-10-13(11-4-5-14-12(7-11)3-2-6-19-14)8-20-16(17(10)24)18(25)21-9-15(22)23/h2-8,24H,9H2,1H3,(H,21,25)(H,22,23). The molecule has 0 aliphatic heterocycles. The Labute approximate surface area is 143 Å². The van der Waals surface area contributed by atoms with Crippen LogP contribution in [0.5, 0.6) is 5.75 Å². The molecule has 0 aliphatic carbocycles. The number of carboxylic acid groups (broad SMARTS) is 1. The number of nitrogens with one attached hydrogen (secondary N) is 1. The smallest absolute Gasteiger partial charge is 0.322 e. The van der Waals surface area contributed by atoms with Gasteiger partial charge in [0.15, 0.2) is 5.69 Å². The Morgan fingerprint density at radius 3 is 2.76 bits per heavy atom. The van der Waals surface area contributed by atoms with E-state index in [-0.39, 0.29) is 11.4 Å². The fourth-order valence-electron chi connectivity index (χ4n) is 2.53. The van der Waals surface area contributed by atoms with E-state index in [0.717, 1.165) is 16.5 Å². The van der Waals surface area contributed by atoms with Crippen molar-refractivity contribution in [2.75, 3.05) is 6.54 Å². The van der Waals surface area contributed by atoms with Gasteiger partial charge in [0.25, 0.3) is 5.91 Å². The highest BCUT2D eigenvalue weighted by Crippen LogP contribution is 2.32. The van der Waals surface area contributed by atoms with Gasteiger partial charge in [-0.1, -0.05) is 12.1 Å². The van der Waals surface area contributed by atoms with E-state index in [1.165, 1.54) is 6.20 Å². The van der Waals surface area contributed by atoms with Crippen LogP contribution in [0.1, 0.15) is 16.1 Å². The quantitative estimate of drug-likeness (QED) is 0.672. The summed E-state index contributed by atoms with van der Waals surface area (Å²) < 4.78 is 0. The Hall–Kier alpha value is -3.48. The average Bonchev–Trinajstić information content (AvgIpc) is 2.61. The molecule has 1 aromatic carbocycles. The lowest BCUT2D eigenvalue weighted by Crippen LogP contribution is -2.30. The molecule has 0 saturated carbocycles. The Morgan fingerprint density at radius 1 is 1.20 bits per heavy atom. The number of rotatable bonds is 4. The van der Waals surface area contributed by atoms with Crippen LogP contribution < -0.4 is 5.32 Å². The lowest BCUT2D eigenvalue weighted by Gasteiger charge is -2.11. The third-order valence-electron chi connectivity index (χ3n) is 3.84. The number of pyridine rings is 2. The van der Waals surface area contributed by atoms with Gasteiger partial charge in [0, 0.05) is 28.9 Å². The number of carbonyl (C=O) groups is 2. The van der Waals surface area contributed by atoms with Crippen LogP contribution in [0.15, 0.2) is 42.7 Å². The zero-order valence-corrected chi connectivity index (χ0v) is 13.4. The highest BCUT2D eigenvalue weighted by atomic mass is 16.4. The molecule has 25 heavy (non-hydrogen) atoms. The van der Waals surface area contributed by atoms with Gasteiger partial charge in [-0.25, -0.2) is 4.98 Å². The minimum atomic E-state index is -1.18. The first kappa shape index (κ1) is 16.4. The second kappa shape index (κ2) is 6.56. The van der Waals surface area contributed by atoms with Crippen LogP contribution in [-0.4, -0.2) is 38.6 Å². The number of carboxylic acids is 1. The summed E-state index contributed by atoms with van der Waals surface area (Å²) in [5.41, 5.74) is 2.64. The number of benzene rings is 1. The summed E-state index contributed by atoms with van der Waals surface area (Å²) >= 11 is 0. The largest absolute Gasteiger partial charge is 0.505 e. The summed E-state index contributed by atoms with van der Waals surface area (Å²) in [4.78, 5) is 30.7. The molecule has 0 fully saturated rings. The number of hydrogen-bond acceptors (Lipinski definition) is 5. The van der Waals surface area contributed by atoms with Crippen LogP contribution >= 0.6 is 0 Å². The minimum Gasteiger partial charge on any atom is -0.505 e. The van der Waals surface area contributed by atoms with Crippen LogP contribution in [0.3, 0.4) is 0 Å². The highest BCUT2D eigenvalue weighted by molar-refractivity contribution is 5.97. The van der Waals surface area contributed by atoms with E-state index < -0.39 is 18.4 Å². The highest BCUT2D eigenvalue weighted by Gasteiger charge is 2.18. The first-order chi connectivity index (χ1) is 12.0. The van der Waals surface area contributed by atoms with Crippen molar-refractivity contribution in [1.29, 1.82) is 0 Å². The van der Waals surface area contributed by atoms with Gasteiger partial charge < -0.3 is 15.5 Å². The van der Waals surface area contributed by atoms with Crippen LogP contribution in [0, 0.1) is 6.92 Å². The van der Waals surface area contributed by atoms with E-state index in [0.29, 0.717) is 11.1 Å². The van der Waals surface area contributed by atoms with Crippen molar-refractivity contribution >= 4 is 22.8 Å². The molecule has 7 nitrogen and oxygen atoms in total. The molecule has 0 bridgehead atoms. The molecule has 0 radical (unpaired) electrons. The number of aromatic hydroxyl groups is 1. The molecule has 0 saturated heterocycles. The van der Waals surface area contributed by atoms with Gasteiger partial charge in [0.1, 0.15) is 12.3 Å². The topological polar surface area (TPSA) is 112 Å². The Balaban J connectivity index is 1.98. The monoisotopic (exact) mass is 337 g/mol. The van der Waals surface area contributed by atoms with Gasteiger partial charge in [-0.2, -0.15) is 0 Å². The second-order valence-corrected chi connectivity index (χ2v) is 5.48. The van der Waals surface area contributed by atoms with Crippen molar-refractivity contribution in [2.24, 2.45) is 0 Å². The van der Waals surface area contributed by atoms with Crippen molar-refractivity contribution < 1.29 is 19.8 Å². The summed E-state index contributed by atoms with van der Waals surface area (Å²) in [6.45, 7) is 1.13. The first-order valence-electron chi connectivity index (χ1n) is 7.51. The predicted molar refractivity (Wildman–Crippen MR) is 91.3 cm³/mol. The lowest BCUT2D eigenvalue weighted by atomic mass is 9.99. The number of amides is 1. The van der Waals surface area contributed by atoms with Crippen molar-refractivity contribution in [2.45, 2.75) is 6.92 Å². The molecule has 2 heterocycles. The van der Waals surface area contributed by atoms with E-state index in [9.17, 15) is 14.7 Å². The fourth-order valence-corrected chi connectivity index (χ4v) is 2.53. The zero-order valence-electron chi connectivity index (χ0n) is 13.4. The number of nitrogens with zero attached hydrogens (tertiary/aromatic N) is 2. The number of hydrogen-bond donors (Lipinski definition) is 3. The normalized spacial score (nSPS) is 10.6. The molecule has 0 unspecified atom stereocenters. The molecule has 7 heteroatoms. The second-order valence-electron chi connectivity index (χ2n) is 5.48. The molecular formula is C18H15N3O4. The van der Waals surface area contributed by atoms with Gasteiger partial charge in [-0.05, 0) is 30.7 Å². The minimum absolute atomic E-state index is 0.204. The van der Waals surface area contributed by atoms with Gasteiger partial charge in [0.05, 0.1) is 5.52 Å². The van der Waals surface area contributed by atoms with E-state index in [4.69, 9.17) is 5.11 Å². The summed E-state index contributed by atoms with van der Waals surface area (Å²) in [5.74, 6) is -2.19. The molecule has 0 atom stereocenters. The number of aromatic nitrogens is 2. The first-order valence-corrected chi connectivity index (χ1v) is 7.51. The van der Waals surface area contributed by atoms with Crippen molar-refractivity contribution in [3.63, 3.8) is 0 Å². The van der Waals surface area contributed by atoms with E-state index in [1.54, 1.807) is 13.1 Å². The number of aliphatic carboxylic acids is 1. The molecule has 1 amide bonds. The van der Waals surface area contributed by atoms with Gasteiger partial charge in [-0.3, -0.25) is 14.6 Å². The summed E-state index contributed by atoms with van der Waals surface area (Å²) in [7, 11) is 0. The molecule has 0 aliphatic rings. The van der Waals surface area contributed by atoms with Crippen LogP contribution in [0.4, 0.5) is 0 Å². The predicted octanol–water partition coefficient (Wildman–Crippen LogP) is 2.13. The molecule has 2 aromatic heterocycles. The molecule has 3 aromatic rings. The zero-order chi connectivity index (χ0) is 18.0. The summed E-state index contributed by atoms with van der Waals surface area (Å²) in [6, 6.07) is 9.43. The van der Waals surface area contributed by atoms with Gasteiger partial charge in [0.2, 0.25) is 0 Å². The number of carbonyl (C=O) groups excluding carboxylic acids is 1. The molecule has 3 rings (SSSR count). The summed E-state index contributed by atoms with van der Waals surface area (Å²) in [5, 5.41) is 22.0. The van der Waals surface area contributed by atoms with Crippen molar-refractivity contribution in [1.82, 2.24) is 15.3 Å². The Bertz CT molecular complexity index is 985. The third kappa shape index (κ3) is 3.25. The van der Waals surface area contributed by atoms with Crippen LogP contribution in [0.2, 0.25) is 0 Å². The van der Waals surface area contributed by atoms with Crippen LogP contribution in [0.25, 0.3) is 22.0 Å². The molecule has 126 valence electrons.